The molecule has 118 valence electrons. The van der Waals surface area contributed by atoms with Gasteiger partial charge in [0.15, 0.2) is 0 Å². The number of hydrogen-bond donors (Lipinski definition) is 2. The minimum Gasteiger partial charge on any atom is -0.508 e. The Balaban J connectivity index is 1.82. The average Bonchev–Trinajstić information content (AvgIpc) is 2.95. The van der Waals surface area contributed by atoms with E-state index in [0.29, 0.717) is 16.1 Å². The van der Waals surface area contributed by atoms with Crippen LogP contribution in [0.15, 0.2) is 58.7 Å². The summed E-state index contributed by atoms with van der Waals surface area (Å²) in [6, 6.07) is 11.8. The molecule has 7 heteroatoms. The Labute approximate surface area is 140 Å². The number of H-pyrrole nitrogens is 1. The molecule has 24 heavy (non-hydrogen) atoms. The van der Waals surface area contributed by atoms with E-state index in [1.54, 1.807) is 36.4 Å². The summed E-state index contributed by atoms with van der Waals surface area (Å²) in [6.45, 7) is 0. The first-order valence-corrected chi connectivity index (χ1v) is 7.51. The summed E-state index contributed by atoms with van der Waals surface area (Å²) in [7, 11) is 0. The van der Waals surface area contributed by atoms with Crippen molar-refractivity contribution in [3.8, 4) is 5.75 Å². The Bertz CT molecular complexity index is 1140. The first-order valence-electron chi connectivity index (χ1n) is 7.14. The van der Waals surface area contributed by atoms with Gasteiger partial charge in [-0.15, -0.1) is 0 Å². The first-order chi connectivity index (χ1) is 11.6. The highest BCUT2D eigenvalue weighted by atomic mass is 35.5. The quantitative estimate of drug-likeness (QED) is 0.551. The van der Waals surface area contributed by atoms with Crippen LogP contribution in [0.25, 0.3) is 21.9 Å². The Hall–Kier alpha value is -3.12. The van der Waals surface area contributed by atoms with Crippen molar-refractivity contribution >= 4 is 39.8 Å². The molecule has 0 atom stereocenters. The molecule has 0 unspecified atom stereocenters. The van der Waals surface area contributed by atoms with Gasteiger partial charge in [-0.3, -0.25) is 4.79 Å². The van der Waals surface area contributed by atoms with Gasteiger partial charge in [0, 0.05) is 15.9 Å². The van der Waals surface area contributed by atoms with Gasteiger partial charge >= 0.3 is 0 Å². The summed E-state index contributed by atoms with van der Waals surface area (Å²) in [4.78, 5) is 19.9. The fourth-order valence-electron chi connectivity index (χ4n) is 2.49. The molecule has 0 saturated heterocycles. The molecule has 0 amide bonds. The smallest absolute Gasteiger partial charge is 0.298 e. The largest absolute Gasteiger partial charge is 0.508 e. The molecule has 2 aromatic carbocycles. The molecular weight excluding hydrogens is 328 g/mol. The molecule has 0 radical (unpaired) electrons. The maximum atomic E-state index is 12.6. The Morgan fingerprint density at radius 1 is 1.21 bits per heavy atom. The van der Waals surface area contributed by atoms with E-state index < -0.39 is 0 Å². The van der Waals surface area contributed by atoms with Gasteiger partial charge in [-0.25, -0.2) is 4.98 Å². The lowest BCUT2D eigenvalue weighted by Gasteiger charge is -1.98. The molecule has 2 N–H and O–H groups in total. The van der Waals surface area contributed by atoms with E-state index in [0.717, 1.165) is 21.1 Å². The highest BCUT2D eigenvalue weighted by molar-refractivity contribution is 6.31. The number of fused-ring (bicyclic) bond motifs is 3. The van der Waals surface area contributed by atoms with Gasteiger partial charge < -0.3 is 10.1 Å². The van der Waals surface area contributed by atoms with Gasteiger partial charge in [0.2, 0.25) is 0 Å². The number of rotatable bonds is 2. The number of aromatic nitrogens is 3. The lowest BCUT2D eigenvalue weighted by Crippen LogP contribution is -2.17. The van der Waals surface area contributed by atoms with Gasteiger partial charge in [-0.05, 0) is 48.0 Å². The molecule has 0 aliphatic carbocycles. The summed E-state index contributed by atoms with van der Waals surface area (Å²) in [6.07, 6.45) is 2.89. The van der Waals surface area contributed by atoms with Crippen LogP contribution in [0.4, 0.5) is 0 Å². The predicted octanol–water partition coefficient (Wildman–Crippen LogP) is 3.12. The van der Waals surface area contributed by atoms with Gasteiger partial charge in [0.05, 0.1) is 6.21 Å². The van der Waals surface area contributed by atoms with Gasteiger partial charge in [0.1, 0.15) is 23.1 Å². The number of aromatic amines is 1. The molecule has 0 bridgehead atoms. The third kappa shape index (κ3) is 2.43. The minimum absolute atomic E-state index is 0.170. The van der Waals surface area contributed by atoms with Crippen LogP contribution >= 0.6 is 11.6 Å². The second-order valence-corrected chi connectivity index (χ2v) is 5.71. The van der Waals surface area contributed by atoms with Crippen molar-refractivity contribution < 1.29 is 5.11 Å². The standard InChI is InChI=1S/C17H11ClN4O2/c18-11-3-6-14-13(7-11)15-16(21-14)17(24)22(9-19-15)20-8-10-1-4-12(23)5-2-10/h1-9,21,23H/b20-8-. The number of nitrogens with zero attached hydrogens (tertiary/aromatic N) is 3. The molecule has 4 rings (SSSR count). The molecule has 2 heterocycles. The van der Waals surface area contributed by atoms with Crippen molar-refractivity contribution in [2.24, 2.45) is 5.10 Å². The minimum atomic E-state index is -0.303. The Morgan fingerprint density at radius 3 is 2.79 bits per heavy atom. The van der Waals surface area contributed by atoms with Crippen LogP contribution in [0.3, 0.4) is 0 Å². The van der Waals surface area contributed by atoms with Crippen LogP contribution in [0, 0.1) is 0 Å². The molecule has 0 aliphatic heterocycles. The fourth-order valence-corrected chi connectivity index (χ4v) is 2.66. The van der Waals surface area contributed by atoms with E-state index in [4.69, 9.17) is 11.6 Å². The first kappa shape index (κ1) is 14.5. The topological polar surface area (TPSA) is 83.3 Å². The number of aromatic hydroxyl groups is 1. The molecular formula is C17H11ClN4O2. The zero-order chi connectivity index (χ0) is 16.7. The van der Waals surface area contributed by atoms with Crippen LogP contribution in [-0.2, 0) is 0 Å². The Kier molecular flexibility index (Phi) is 3.32. The molecule has 6 nitrogen and oxygen atoms in total. The summed E-state index contributed by atoms with van der Waals surface area (Å²) >= 11 is 6.01. The van der Waals surface area contributed by atoms with E-state index in [9.17, 15) is 9.90 Å². The summed E-state index contributed by atoms with van der Waals surface area (Å²) in [5.74, 6) is 0.170. The van der Waals surface area contributed by atoms with Gasteiger partial charge in [-0.2, -0.15) is 9.78 Å². The SMILES string of the molecule is O=c1c2[nH]c3ccc(Cl)cc3c2ncn1/N=C\c1ccc(O)cc1. The van der Waals surface area contributed by atoms with Crippen LogP contribution in [0.1, 0.15) is 5.56 Å². The Morgan fingerprint density at radius 2 is 2.00 bits per heavy atom. The lowest BCUT2D eigenvalue weighted by molar-refractivity contribution is 0.475. The van der Waals surface area contributed by atoms with E-state index in [1.807, 2.05) is 6.07 Å². The van der Waals surface area contributed by atoms with Crippen molar-refractivity contribution in [1.82, 2.24) is 14.6 Å². The second kappa shape index (κ2) is 5.50. The highest BCUT2D eigenvalue weighted by Gasteiger charge is 2.10. The molecule has 2 aromatic heterocycles. The second-order valence-electron chi connectivity index (χ2n) is 5.27. The van der Waals surface area contributed by atoms with Crippen molar-refractivity contribution in [3.05, 3.63) is 69.7 Å². The van der Waals surface area contributed by atoms with Gasteiger partial charge in [0.25, 0.3) is 5.56 Å². The van der Waals surface area contributed by atoms with Gasteiger partial charge in [-0.1, -0.05) is 11.6 Å². The van der Waals surface area contributed by atoms with Crippen molar-refractivity contribution in [2.75, 3.05) is 0 Å². The molecule has 0 spiro atoms. The highest BCUT2D eigenvalue weighted by Crippen LogP contribution is 2.24. The fraction of sp³-hybridized carbons (Fsp3) is 0. The maximum absolute atomic E-state index is 12.6. The third-order valence-corrected chi connectivity index (χ3v) is 3.91. The zero-order valence-corrected chi connectivity index (χ0v) is 13.0. The van der Waals surface area contributed by atoms with E-state index >= 15 is 0 Å². The van der Waals surface area contributed by atoms with Crippen LogP contribution in [-0.4, -0.2) is 26.0 Å². The number of phenolic OH excluding ortho intramolecular Hbond substituents is 1. The average molecular weight is 339 g/mol. The number of phenols is 1. The van der Waals surface area contributed by atoms with Crippen molar-refractivity contribution in [1.29, 1.82) is 0 Å². The van der Waals surface area contributed by atoms with Crippen LogP contribution < -0.4 is 5.56 Å². The van der Waals surface area contributed by atoms with Crippen LogP contribution in [0.2, 0.25) is 5.02 Å². The molecule has 0 saturated carbocycles. The van der Waals surface area contributed by atoms with E-state index in [2.05, 4.69) is 15.1 Å². The molecule has 0 aliphatic rings. The zero-order valence-electron chi connectivity index (χ0n) is 12.3. The normalized spacial score (nSPS) is 11.7. The van der Waals surface area contributed by atoms with Crippen molar-refractivity contribution in [2.45, 2.75) is 0 Å². The molecule has 0 fully saturated rings. The number of halogens is 1. The number of hydrogen-bond acceptors (Lipinski definition) is 4. The lowest BCUT2D eigenvalue weighted by atomic mass is 10.2. The summed E-state index contributed by atoms with van der Waals surface area (Å²) < 4.78 is 1.16. The van der Waals surface area contributed by atoms with E-state index in [1.165, 1.54) is 12.5 Å². The maximum Gasteiger partial charge on any atom is 0.298 e. The van der Waals surface area contributed by atoms with Crippen molar-refractivity contribution in [3.63, 3.8) is 0 Å². The summed E-state index contributed by atoms with van der Waals surface area (Å²) in [5, 5.41) is 14.8. The third-order valence-electron chi connectivity index (χ3n) is 3.68. The monoisotopic (exact) mass is 338 g/mol. The molecule has 4 aromatic rings. The summed E-state index contributed by atoms with van der Waals surface area (Å²) in [5.41, 5.74) is 2.18. The van der Waals surface area contributed by atoms with E-state index in [-0.39, 0.29) is 11.3 Å². The number of nitrogens with one attached hydrogen (secondary N) is 1. The predicted molar refractivity (Wildman–Crippen MR) is 94.0 cm³/mol. The van der Waals surface area contributed by atoms with Crippen LogP contribution in [0.5, 0.6) is 5.75 Å². The number of benzene rings is 2.